The fourth-order valence-electron chi connectivity index (χ4n) is 4.37. The van der Waals surface area contributed by atoms with E-state index < -0.39 is 5.91 Å². The van der Waals surface area contributed by atoms with Gasteiger partial charge in [-0.15, -0.1) is 0 Å². The summed E-state index contributed by atoms with van der Waals surface area (Å²) in [5.74, 6) is -0.420. The number of hydrogen-bond donors (Lipinski definition) is 1. The molecule has 3 nitrogen and oxygen atoms in total. The number of carbonyl (C=O) groups excluding carboxylic acids is 1. The van der Waals surface area contributed by atoms with Crippen molar-refractivity contribution in [3.05, 3.63) is 107 Å². The summed E-state index contributed by atoms with van der Waals surface area (Å²) in [4.78, 5) is 12.2. The molecule has 1 heterocycles. The van der Waals surface area contributed by atoms with Crippen LogP contribution in [0.3, 0.4) is 0 Å². The Morgan fingerprint density at radius 3 is 2.48 bits per heavy atom. The van der Waals surface area contributed by atoms with Crippen molar-refractivity contribution < 1.29 is 4.79 Å². The molecule has 0 saturated carbocycles. The normalized spacial score (nSPS) is 11.3. The Morgan fingerprint density at radius 2 is 1.71 bits per heavy atom. The second-order valence-corrected chi connectivity index (χ2v) is 8.09. The van der Waals surface area contributed by atoms with Crippen LogP contribution in [-0.4, -0.2) is 10.5 Å². The third kappa shape index (κ3) is 3.28. The van der Waals surface area contributed by atoms with E-state index in [1.54, 1.807) is 6.07 Å². The lowest BCUT2D eigenvalue weighted by Crippen LogP contribution is -2.11. The first kappa shape index (κ1) is 19.1. The fourth-order valence-corrected chi connectivity index (χ4v) is 4.37. The van der Waals surface area contributed by atoms with Crippen molar-refractivity contribution in [1.82, 2.24) is 4.57 Å². The Labute approximate surface area is 181 Å². The standard InChI is InChI=1S/C28H23N2O/c1-18-11-12-19(2)22(15-18)17-30-25-10-6-9-24(28(29)31)27(25)23-14-13-21(16-26(23)30)20-7-4-3-5-8-20/h3-13,15-16H,17H2,1-2H3,(H2,29,31). The minimum Gasteiger partial charge on any atom is -0.366 e. The van der Waals surface area contributed by atoms with E-state index in [-0.39, 0.29) is 0 Å². The van der Waals surface area contributed by atoms with Gasteiger partial charge in [0.1, 0.15) is 0 Å². The maximum atomic E-state index is 12.2. The first-order chi connectivity index (χ1) is 15.0. The summed E-state index contributed by atoms with van der Waals surface area (Å²) in [6, 6.07) is 30.2. The van der Waals surface area contributed by atoms with Crippen LogP contribution in [0.1, 0.15) is 27.0 Å². The molecule has 151 valence electrons. The van der Waals surface area contributed by atoms with Gasteiger partial charge in [-0.1, -0.05) is 60.2 Å². The molecule has 0 spiro atoms. The molecule has 0 fully saturated rings. The lowest BCUT2D eigenvalue weighted by Gasteiger charge is -2.12. The molecule has 31 heavy (non-hydrogen) atoms. The lowest BCUT2D eigenvalue weighted by atomic mass is 10.0. The predicted octanol–water partition coefficient (Wildman–Crippen LogP) is 6.03. The highest BCUT2D eigenvalue weighted by molar-refractivity contribution is 6.18. The number of fused-ring (bicyclic) bond motifs is 3. The van der Waals surface area contributed by atoms with Crippen molar-refractivity contribution in [1.29, 1.82) is 0 Å². The molecular weight excluding hydrogens is 380 g/mol. The van der Waals surface area contributed by atoms with E-state index in [9.17, 15) is 4.79 Å². The van der Waals surface area contributed by atoms with Crippen LogP contribution in [0.15, 0.2) is 78.9 Å². The Morgan fingerprint density at radius 1 is 0.903 bits per heavy atom. The fraction of sp³-hybridized carbons (Fsp3) is 0.107. The third-order valence-corrected chi connectivity index (χ3v) is 6.00. The van der Waals surface area contributed by atoms with E-state index in [1.165, 1.54) is 16.7 Å². The summed E-state index contributed by atoms with van der Waals surface area (Å²) in [6.07, 6.45) is 0. The van der Waals surface area contributed by atoms with Gasteiger partial charge < -0.3 is 10.3 Å². The van der Waals surface area contributed by atoms with Crippen LogP contribution in [0.5, 0.6) is 0 Å². The number of aromatic nitrogens is 1. The molecule has 5 aromatic rings. The van der Waals surface area contributed by atoms with Gasteiger partial charge >= 0.3 is 0 Å². The predicted molar refractivity (Wildman–Crippen MR) is 127 cm³/mol. The summed E-state index contributed by atoms with van der Waals surface area (Å²) >= 11 is 0. The number of nitrogens with two attached hydrogens (primary N) is 1. The van der Waals surface area contributed by atoms with E-state index in [0.29, 0.717) is 12.1 Å². The highest BCUT2D eigenvalue weighted by Gasteiger charge is 2.18. The second-order valence-electron chi connectivity index (χ2n) is 8.09. The largest absolute Gasteiger partial charge is 0.366 e. The van der Waals surface area contributed by atoms with E-state index in [0.717, 1.165) is 32.9 Å². The number of rotatable bonds is 4. The average Bonchev–Trinajstić information content (AvgIpc) is 3.10. The van der Waals surface area contributed by atoms with Gasteiger partial charge in [-0.3, -0.25) is 4.79 Å². The van der Waals surface area contributed by atoms with Gasteiger partial charge in [0.2, 0.25) is 5.91 Å². The molecule has 0 saturated heterocycles. The van der Waals surface area contributed by atoms with Crippen molar-refractivity contribution in [2.24, 2.45) is 5.73 Å². The number of primary amides is 1. The van der Waals surface area contributed by atoms with Gasteiger partial charge in [0.25, 0.3) is 0 Å². The van der Waals surface area contributed by atoms with Crippen LogP contribution in [0.25, 0.3) is 32.9 Å². The van der Waals surface area contributed by atoms with Crippen molar-refractivity contribution in [3.63, 3.8) is 0 Å². The smallest absolute Gasteiger partial charge is 0.249 e. The van der Waals surface area contributed by atoms with E-state index in [2.05, 4.69) is 66.9 Å². The van der Waals surface area contributed by atoms with Gasteiger partial charge in [-0.2, -0.15) is 0 Å². The van der Waals surface area contributed by atoms with Crippen molar-refractivity contribution >= 4 is 27.7 Å². The van der Waals surface area contributed by atoms with Gasteiger partial charge in [-0.25, -0.2) is 0 Å². The van der Waals surface area contributed by atoms with Gasteiger partial charge in [0.15, 0.2) is 0 Å². The molecule has 3 heteroatoms. The minimum atomic E-state index is -0.420. The van der Waals surface area contributed by atoms with E-state index in [4.69, 9.17) is 5.73 Å². The Kier molecular flexibility index (Phi) is 4.59. The van der Waals surface area contributed by atoms with Crippen molar-refractivity contribution in [3.8, 4) is 11.1 Å². The molecule has 1 aromatic heterocycles. The monoisotopic (exact) mass is 403 g/mol. The summed E-state index contributed by atoms with van der Waals surface area (Å²) in [6.45, 7) is 4.96. The zero-order valence-corrected chi connectivity index (χ0v) is 17.6. The first-order valence-electron chi connectivity index (χ1n) is 10.4. The molecule has 0 atom stereocenters. The van der Waals surface area contributed by atoms with Crippen LogP contribution >= 0.6 is 0 Å². The molecule has 0 aliphatic rings. The molecule has 2 N–H and O–H groups in total. The molecule has 5 rings (SSSR count). The van der Waals surface area contributed by atoms with Crippen LogP contribution in [0.4, 0.5) is 0 Å². The zero-order valence-electron chi connectivity index (χ0n) is 17.6. The van der Waals surface area contributed by atoms with Gasteiger partial charge in [-0.05, 0) is 66.4 Å². The van der Waals surface area contributed by atoms with E-state index >= 15 is 0 Å². The Bertz CT molecular complexity index is 1440. The van der Waals surface area contributed by atoms with Crippen LogP contribution in [-0.2, 0) is 6.54 Å². The summed E-state index contributed by atoms with van der Waals surface area (Å²) in [5, 5.41) is 1.80. The maximum absolute atomic E-state index is 12.2. The molecule has 0 aliphatic carbocycles. The van der Waals surface area contributed by atoms with Gasteiger partial charge in [0, 0.05) is 22.9 Å². The lowest BCUT2D eigenvalue weighted by molar-refractivity contribution is 0.100. The molecule has 0 unspecified atom stereocenters. The highest BCUT2D eigenvalue weighted by atomic mass is 16.1. The molecule has 1 amide bonds. The number of benzene rings is 4. The minimum absolute atomic E-state index is 0.420. The maximum Gasteiger partial charge on any atom is 0.249 e. The van der Waals surface area contributed by atoms with Gasteiger partial charge in [0.05, 0.1) is 11.0 Å². The molecule has 4 aromatic carbocycles. The van der Waals surface area contributed by atoms with E-state index in [1.807, 2.05) is 30.3 Å². The quantitative estimate of drug-likeness (QED) is 0.391. The van der Waals surface area contributed by atoms with Crippen molar-refractivity contribution in [2.75, 3.05) is 0 Å². The van der Waals surface area contributed by atoms with Crippen LogP contribution < -0.4 is 5.73 Å². The summed E-state index contributed by atoms with van der Waals surface area (Å²) in [5.41, 5.74) is 14.3. The first-order valence-corrected chi connectivity index (χ1v) is 10.4. The molecule has 1 radical (unpaired) electrons. The topological polar surface area (TPSA) is 48.0 Å². The number of hydrogen-bond acceptors (Lipinski definition) is 1. The molecule has 0 bridgehead atoms. The molecular formula is C28H23N2O. The Hall–Kier alpha value is -3.85. The SMILES string of the molecule is Cc1ccc(C)c(Cn2c3cc(-c4ccccc4)c[c]c3c3c(C(N)=O)cccc32)c1. The third-order valence-electron chi connectivity index (χ3n) is 6.00. The van der Waals surface area contributed by atoms with Crippen molar-refractivity contribution in [2.45, 2.75) is 20.4 Å². The number of nitrogens with zero attached hydrogens (tertiary/aromatic N) is 1. The second kappa shape index (κ2) is 7.44. The van der Waals surface area contributed by atoms with Crippen LogP contribution in [0.2, 0.25) is 0 Å². The number of aryl methyl sites for hydroxylation is 2. The number of amides is 1. The summed E-state index contributed by atoms with van der Waals surface area (Å²) < 4.78 is 2.28. The zero-order chi connectivity index (χ0) is 21.5. The number of carbonyl (C=O) groups is 1. The van der Waals surface area contributed by atoms with Crippen LogP contribution in [0, 0.1) is 19.9 Å². The highest BCUT2D eigenvalue weighted by Crippen LogP contribution is 2.35. The molecule has 0 aliphatic heterocycles. The Balaban J connectivity index is 1.82. The average molecular weight is 404 g/mol. The summed E-state index contributed by atoms with van der Waals surface area (Å²) in [7, 11) is 0.